The molecule has 5 rings (SSSR count). The molecule has 4 heteroatoms. The number of rotatable bonds is 3. The molecule has 2 aromatic carbocycles. The summed E-state index contributed by atoms with van der Waals surface area (Å²) in [6, 6.07) is 20.1. The first-order chi connectivity index (χ1) is 12.7. The van der Waals surface area contributed by atoms with Gasteiger partial charge in [0.1, 0.15) is 0 Å². The van der Waals surface area contributed by atoms with Crippen LogP contribution in [0.1, 0.15) is 33.8 Å². The van der Waals surface area contributed by atoms with Gasteiger partial charge in [-0.3, -0.25) is 0 Å². The van der Waals surface area contributed by atoms with Crippen molar-refractivity contribution in [3.63, 3.8) is 0 Å². The molecule has 1 unspecified atom stereocenters. The van der Waals surface area contributed by atoms with Crippen LogP contribution in [0, 0.1) is 6.92 Å². The Kier molecular flexibility index (Phi) is 6.00. The third-order valence-corrected chi connectivity index (χ3v) is 10.1. The molecule has 28 heavy (non-hydrogen) atoms. The number of fused-ring (bicyclic) bond motifs is 2. The third-order valence-electron chi connectivity index (χ3n) is 5.54. The van der Waals surface area contributed by atoms with Gasteiger partial charge < -0.3 is 9.41 Å². The molecule has 2 aliphatic rings. The summed E-state index contributed by atoms with van der Waals surface area (Å²) in [5.41, 5.74) is 8.64. The van der Waals surface area contributed by atoms with E-state index in [2.05, 4.69) is 91.2 Å². The van der Waals surface area contributed by atoms with E-state index in [1.54, 1.807) is 8.84 Å². The second kappa shape index (κ2) is 8.13. The normalized spacial score (nSPS) is 17.1. The minimum atomic E-state index is -0.757. The summed E-state index contributed by atoms with van der Waals surface area (Å²) in [5, 5.41) is 1.34. The van der Waals surface area contributed by atoms with Gasteiger partial charge in [-0.2, -0.15) is 0 Å². The maximum Gasteiger partial charge on any atom is -1.00 e. The Labute approximate surface area is 175 Å². The summed E-state index contributed by atoms with van der Waals surface area (Å²) in [5.74, 6) is 0. The number of hydrogen-bond donors (Lipinski definition) is 0. The van der Waals surface area contributed by atoms with E-state index in [1.165, 1.54) is 39.9 Å². The first-order valence-electron chi connectivity index (χ1n) is 9.23. The first kappa shape index (κ1) is 20.7. The molecular weight excluding hydrogens is 431 g/mol. The number of aromatic nitrogens is 1. The quantitative estimate of drug-likeness (QED) is 0.540. The van der Waals surface area contributed by atoms with Crippen molar-refractivity contribution in [2.45, 2.75) is 23.9 Å². The fraction of sp³-hybridized carbons (Fsp3) is 0.167. The third kappa shape index (κ3) is 3.28. The van der Waals surface area contributed by atoms with E-state index in [9.17, 15) is 0 Å². The van der Waals surface area contributed by atoms with Crippen LogP contribution in [-0.2, 0) is 23.2 Å². The molecule has 0 fully saturated rings. The second-order valence-corrected chi connectivity index (χ2v) is 10.8. The largest absolute Gasteiger partial charge is 1.00 e. The Morgan fingerprint density at radius 2 is 1.71 bits per heavy atom. The monoisotopic (exact) mass is 451 g/mol. The fourth-order valence-electron chi connectivity index (χ4n) is 4.25. The SMILES string of the molecule is CC1=[C]([Zr+2][CH]2C(n3c(C)cc4ccccc43)=Cc3ccccc32)CC=C1.[F-].[F-]. The van der Waals surface area contributed by atoms with Gasteiger partial charge in [-0.1, -0.05) is 0 Å². The number of halogens is 2. The van der Waals surface area contributed by atoms with Gasteiger partial charge in [0, 0.05) is 0 Å². The zero-order valence-electron chi connectivity index (χ0n) is 15.9. The molecule has 0 aliphatic heterocycles. The number of hydrogen-bond acceptors (Lipinski definition) is 0. The summed E-state index contributed by atoms with van der Waals surface area (Å²) in [4.78, 5) is 0. The topological polar surface area (TPSA) is 4.93 Å². The molecule has 140 valence electrons. The van der Waals surface area contributed by atoms with Crippen molar-refractivity contribution in [1.82, 2.24) is 4.57 Å². The average Bonchev–Trinajstić information content (AvgIpc) is 3.31. The van der Waals surface area contributed by atoms with E-state index >= 15 is 0 Å². The average molecular weight is 453 g/mol. The van der Waals surface area contributed by atoms with E-state index in [0.717, 1.165) is 0 Å². The van der Waals surface area contributed by atoms with Crippen molar-refractivity contribution >= 4 is 22.7 Å². The summed E-state index contributed by atoms with van der Waals surface area (Å²) < 4.78 is 4.85. The predicted molar refractivity (Wildman–Crippen MR) is 106 cm³/mol. The van der Waals surface area contributed by atoms with Gasteiger partial charge in [-0.05, 0) is 0 Å². The van der Waals surface area contributed by atoms with Gasteiger partial charge in [-0.15, -0.1) is 0 Å². The Balaban J connectivity index is 0.00000112. The molecule has 3 aromatic rings. The fourth-order valence-corrected chi connectivity index (χ4v) is 8.36. The van der Waals surface area contributed by atoms with Crippen LogP contribution in [0.5, 0.6) is 0 Å². The number of aryl methyl sites for hydroxylation is 1. The van der Waals surface area contributed by atoms with E-state index in [-0.39, 0.29) is 9.41 Å². The van der Waals surface area contributed by atoms with Crippen molar-refractivity contribution in [2.24, 2.45) is 0 Å². The van der Waals surface area contributed by atoms with Crippen molar-refractivity contribution in [1.29, 1.82) is 0 Å². The van der Waals surface area contributed by atoms with E-state index < -0.39 is 23.2 Å². The molecule has 1 nitrogen and oxygen atoms in total. The van der Waals surface area contributed by atoms with Crippen LogP contribution in [-0.4, -0.2) is 4.57 Å². The Morgan fingerprint density at radius 1 is 0.964 bits per heavy atom. The number of nitrogens with zero attached hydrogens (tertiary/aromatic N) is 1. The van der Waals surface area contributed by atoms with Gasteiger partial charge >= 0.3 is 167 Å². The van der Waals surface area contributed by atoms with Crippen LogP contribution in [0.15, 0.2) is 75.6 Å². The van der Waals surface area contributed by atoms with E-state index in [0.29, 0.717) is 3.63 Å². The van der Waals surface area contributed by atoms with Gasteiger partial charge in [0.25, 0.3) is 0 Å². The molecule has 1 heterocycles. The van der Waals surface area contributed by atoms with Crippen molar-refractivity contribution in [3.8, 4) is 0 Å². The van der Waals surface area contributed by atoms with Crippen LogP contribution in [0.2, 0.25) is 0 Å². The maximum atomic E-state index is 2.51. The first-order valence-corrected chi connectivity index (χ1v) is 11.9. The Hall–Kier alpha value is -2.06. The van der Waals surface area contributed by atoms with Gasteiger partial charge in [0.15, 0.2) is 0 Å². The summed E-state index contributed by atoms with van der Waals surface area (Å²) in [6.07, 6.45) is 8.27. The minimum Gasteiger partial charge on any atom is -1.00 e. The molecule has 0 saturated heterocycles. The van der Waals surface area contributed by atoms with E-state index in [1.807, 2.05) is 0 Å². The number of benzene rings is 2. The molecule has 0 saturated carbocycles. The molecule has 0 bridgehead atoms. The molecule has 0 N–H and O–H groups in total. The molecule has 2 aliphatic carbocycles. The van der Waals surface area contributed by atoms with Crippen LogP contribution < -0.4 is 9.41 Å². The molecular formula is C24H21F2NZr. The Morgan fingerprint density at radius 3 is 2.50 bits per heavy atom. The minimum absolute atomic E-state index is 0. The van der Waals surface area contributed by atoms with Crippen LogP contribution in [0.25, 0.3) is 22.7 Å². The standard InChI is InChI=1S/C18H14N.C6H7.2FH.Zr/c1-13-10-16-8-4-5-9-18(16)19(13)17-11-14-6-2-3-7-15(14)12-17;1-6-4-2-3-5-6;;;/h2-12H,1H3;2,4H,3H2,1H3;2*1H;/q;;;;+2/p-2. The molecule has 1 atom stereocenters. The molecule has 1 aromatic heterocycles. The summed E-state index contributed by atoms with van der Waals surface area (Å²) >= 11 is -0.757. The molecule has 0 amide bonds. The van der Waals surface area contributed by atoms with Crippen LogP contribution in [0.4, 0.5) is 0 Å². The van der Waals surface area contributed by atoms with Crippen molar-refractivity contribution in [3.05, 3.63) is 92.4 Å². The van der Waals surface area contributed by atoms with Crippen molar-refractivity contribution < 1.29 is 32.6 Å². The Bertz CT molecular complexity index is 1120. The smallest absolute Gasteiger partial charge is 1.00 e. The predicted octanol–water partition coefficient (Wildman–Crippen LogP) is 0.327. The summed E-state index contributed by atoms with van der Waals surface area (Å²) in [6.45, 7) is 4.54. The zero-order chi connectivity index (χ0) is 17.7. The number of allylic oxidation sites excluding steroid dienone is 5. The van der Waals surface area contributed by atoms with E-state index in [4.69, 9.17) is 0 Å². The van der Waals surface area contributed by atoms with Gasteiger partial charge in [0.05, 0.1) is 0 Å². The van der Waals surface area contributed by atoms with Crippen LogP contribution >= 0.6 is 0 Å². The molecule has 0 spiro atoms. The van der Waals surface area contributed by atoms with Crippen LogP contribution in [0.3, 0.4) is 0 Å². The summed E-state index contributed by atoms with van der Waals surface area (Å²) in [7, 11) is 0. The van der Waals surface area contributed by atoms with Gasteiger partial charge in [0.2, 0.25) is 0 Å². The zero-order valence-corrected chi connectivity index (χ0v) is 18.4. The maximum absolute atomic E-state index is 2.51. The van der Waals surface area contributed by atoms with Gasteiger partial charge in [-0.25, -0.2) is 0 Å². The number of para-hydroxylation sites is 1. The second-order valence-electron chi connectivity index (χ2n) is 7.22. The van der Waals surface area contributed by atoms with Crippen molar-refractivity contribution in [2.75, 3.05) is 0 Å². The molecule has 0 radical (unpaired) electrons.